The number of benzene rings is 1. The molecule has 0 fully saturated rings. The van der Waals surface area contributed by atoms with Gasteiger partial charge in [0.25, 0.3) is 0 Å². The molecule has 0 atom stereocenters. The number of alkyl halides is 2. The van der Waals surface area contributed by atoms with Crippen LogP contribution in [0.2, 0.25) is 0 Å². The number of rotatable bonds is 7. The van der Waals surface area contributed by atoms with Crippen LogP contribution in [0.5, 0.6) is 5.75 Å². The first kappa shape index (κ1) is 17.4. The van der Waals surface area contributed by atoms with Gasteiger partial charge in [0.05, 0.1) is 0 Å². The monoisotopic (exact) mass is 300 g/mol. The summed E-state index contributed by atoms with van der Waals surface area (Å²) in [6.07, 6.45) is 0.990. The third kappa shape index (κ3) is 7.04. The SMILES string of the molecule is CN(Cc1ccc(OC(F)F)cc1)C(=O)CCC(C)(C)N. The molecule has 1 aromatic rings. The predicted molar refractivity (Wildman–Crippen MR) is 77.0 cm³/mol. The number of halogens is 2. The molecule has 6 heteroatoms. The topological polar surface area (TPSA) is 55.6 Å². The highest BCUT2D eigenvalue weighted by Crippen LogP contribution is 2.16. The number of nitrogens with two attached hydrogens (primary N) is 1. The minimum Gasteiger partial charge on any atom is -0.435 e. The van der Waals surface area contributed by atoms with Crippen LogP contribution in [0.4, 0.5) is 8.78 Å². The largest absolute Gasteiger partial charge is 0.435 e. The minimum atomic E-state index is -2.83. The summed E-state index contributed by atoms with van der Waals surface area (Å²) in [4.78, 5) is 13.5. The number of amides is 1. The molecule has 1 aromatic carbocycles. The van der Waals surface area contributed by atoms with Crippen LogP contribution in [-0.4, -0.2) is 30.0 Å². The zero-order valence-corrected chi connectivity index (χ0v) is 12.6. The number of hydrogen-bond donors (Lipinski definition) is 1. The Labute approximate surface area is 123 Å². The predicted octanol–water partition coefficient (Wildman–Crippen LogP) is 2.76. The summed E-state index contributed by atoms with van der Waals surface area (Å²) in [5.74, 6) is 0.106. The fourth-order valence-corrected chi connectivity index (χ4v) is 1.76. The first-order valence-electron chi connectivity index (χ1n) is 6.74. The van der Waals surface area contributed by atoms with E-state index in [1.807, 2.05) is 13.8 Å². The second kappa shape index (κ2) is 7.36. The van der Waals surface area contributed by atoms with Crippen molar-refractivity contribution >= 4 is 5.91 Å². The first-order valence-corrected chi connectivity index (χ1v) is 6.74. The van der Waals surface area contributed by atoms with Crippen LogP contribution in [0.3, 0.4) is 0 Å². The van der Waals surface area contributed by atoms with Gasteiger partial charge in [0, 0.05) is 25.6 Å². The Kier molecular flexibility index (Phi) is 6.08. The highest BCUT2D eigenvalue weighted by molar-refractivity contribution is 5.75. The lowest BCUT2D eigenvalue weighted by molar-refractivity contribution is -0.130. The zero-order chi connectivity index (χ0) is 16.0. The molecule has 21 heavy (non-hydrogen) atoms. The summed E-state index contributed by atoms with van der Waals surface area (Å²) in [5, 5.41) is 0. The van der Waals surface area contributed by atoms with Crippen molar-refractivity contribution in [3.05, 3.63) is 29.8 Å². The molecular weight excluding hydrogens is 278 g/mol. The third-order valence-corrected chi connectivity index (χ3v) is 2.98. The van der Waals surface area contributed by atoms with Crippen LogP contribution >= 0.6 is 0 Å². The second-order valence-corrected chi connectivity index (χ2v) is 5.76. The molecule has 4 nitrogen and oxygen atoms in total. The van der Waals surface area contributed by atoms with Gasteiger partial charge >= 0.3 is 6.61 Å². The van der Waals surface area contributed by atoms with Crippen LogP contribution in [0.15, 0.2) is 24.3 Å². The average molecular weight is 300 g/mol. The lowest BCUT2D eigenvalue weighted by atomic mass is 10.00. The second-order valence-electron chi connectivity index (χ2n) is 5.76. The Morgan fingerprint density at radius 2 is 1.90 bits per heavy atom. The Hall–Kier alpha value is -1.69. The van der Waals surface area contributed by atoms with Crippen molar-refractivity contribution in [2.45, 2.75) is 45.4 Å². The summed E-state index contributed by atoms with van der Waals surface area (Å²) in [7, 11) is 1.70. The Morgan fingerprint density at radius 3 is 2.38 bits per heavy atom. The summed E-state index contributed by atoms with van der Waals surface area (Å²) in [5.41, 5.74) is 6.32. The van der Waals surface area contributed by atoms with Crippen LogP contribution in [-0.2, 0) is 11.3 Å². The molecule has 0 unspecified atom stereocenters. The van der Waals surface area contributed by atoms with Crippen molar-refractivity contribution in [3.63, 3.8) is 0 Å². The van der Waals surface area contributed by atoms with Crippen molar-refractivity contribution < 1.29 is 18.3 Å². The van der Waals surface area contributed by atoms with Crippen LogP contribution in [0.25, 0.3) is 0 Å². The summed E-state index contributed by atoms with van der Waals surface area (Å²) in [6, 6.07) is 6.24. The summed E-state index contributed by atoms with van der Waals surface area (Å²) < 4.78 is 28.3. The van der Waals surface area contributed by atoms with Crippen molar-refractivity contribution in [2.24, 2.45) is 5.73 Å². The molecule has 0 aliphatic carbocycles. The molecule has 0 bridgehead atoms. The van der Waals surface area contributed by atoms with E-state index in [0.717, 1.165) is 5.56 Å². The van der Waals surface area contributed by atoms with E-state index in [1.165, 1.54) is 12.1 Å². The number of carbonyl (C=O) groups is 1. The summed E-state index contributed by atoms with van der Waals surface area (Å²) >= 11 is 0. The van der Waals surface area contributed by atoms with Crippen molar-refractivity contribution in [2.75, 3.05) is 7.05 Å². The molecule has 0 saturated heterocycles. The van der Waals surface area contributed by atoms with Gasteiger partial charge in [0.2, 0.25) is 5.91 Å². The molecule has 0 radical (unpaired) electrons. The molecule has 2 N–H and O–H groups in total. The van der Waals surface area contributed by atoms with Crippen LogP contribution < -0.4 is 10.5 Å². The number of ether oxygens (including phenoxy) is 1. The van der Waals surface area contributed by atoms with Gasteiger partial charge in [-0.05, 0) is 38.0 Å². The maximum absolute atomic E-state index is 12.0. The van der Waals surface area contributed by atoms with E-state index in [2.05, 4.69) is 4.74 Å². The highest BCUT2D eigenvalue weighted by atomic mass is 19.3. The third-order valence-electron chi connectivity index (χ3n) is 2.98. The number of hydrogen-bond acceptors (Lipinski definition) is 3. The van der Waals surface area contributed by atoms with E-state index in [1.54, 1.807) is 24.1 Å². The van der Waals surface area contributed by atoms with Gasteiger partial charge < -0.3 is 15.4 Å². The molecule has 1 rings (SSSR count). The molecule has 0 spiro atoms. The molecule has 0 aromatic heterocycles. The van der Waals surface area contributed by atoms with Crippen LogP contribution in [0.1, 0.15) is 32.3 Å². The van der Waals surface area contributed by atoms with Crippen molar-refractivity contribution in [1.82, 2.24) is 4.90 Å². The van der Waals surface area contributed by atoms with E-state index in [4.69, 9.17) is 5.73 Å². The van der Waals surface area contributed by atoms with Gasteiger partial charge in [-0.1, -0.05) is 12.1 Å². The van der Waals surface area contributed by atoms with Crippen LogP contribution in [0, 0.1) is 0 Å². The maximum Gasteiger partial charge on any atom is 0.387 e. The molecular formula is C15H22F2N2O2. The van der Waals surface area contributed by atoms with Gasteiger partial charge in [-0.15, -0.1) is 0 Å². The van der Waals surface area contributed by atoms with E-state index >= 15 is 0 Å². The van der Waals surface area contributed by atoms with Crippen molar-refractivity contribution in [3.8, 4) is 5.75 Å². The zero-order valence-electron chi connectivity index (χ0n) is 12.6. The number of carbonyl (C=O) groups excluding carboxylic acids is 1. The summed E-state index contributed by atoms with van der Waals surface area (Å²) in [6.45, 7) is 1.34. The quantitative estimate of drug-likeness (QED) is 0.842. The Morgan fingerprint density at radius 1 is 1.33 bits per heavy atom. The van der Waals surface area contributed by atoms with E-state index in [-0.39, 0.29) is 17.2 Å². The molecule has 0 heterocycles. The lowest BCUT2D eigenvalue weighted by Crippen LogP contribution is -2.34. The number of nitrogens with zero attached hydrogens (tertiary/aromatic N) is 1. The van der Waals surface area contributed by atoms with Gasteiger partial charge in [-0.25, -0.2) is 0 Å². The Bertz CT molecular complexity index is 456. The molecule has 0 saturated carbocycles. The fraction of sp³-hybridized carbons (Fsp3) is 0.533. The standard InChI is InChI=1S/C15H22F2N2O2/c1-15(2,18)9-8-13(20)19(3)10-11-4-6-12(7-5-11)21-14(16)17/h4-7,14H,8-10,18H2,1-3H3. The average Bonchev–Trinajstić information content (AvgIpc) is 2.36. The first-order chi connectivity index (χ1) is 9.67. The van der Waals surface area contributed by atoms with E-state index in [0.29, 0.717) is 19.4 Å². The smallest absolute Gasteiger partial charge is 0.387 e. The fourth-order valence-electron chi connectivity index (χ4n) is 1.76. The van der Waals surface area contributed by atoms with Gasteiger partial charge in [0.1, 0.15) is 5.75 Å². The minimum absolute atomic E-state index is 0.00133. The van der Waals surface area contributed by atoms with Crippen molar-refractivity contribution in [1.29, 1.82) is 0 Å². The lowest BCUT2D eigenvalue weighted by Gasteiger charge is -2.21. The van der Waals surface area contributed by atoms with Gasteiger partial charge in [-0.3, -0.25) is 4.79 Å². The molecule has 0 aliphatic heterocycles. The normalized spacial score (nSPS) is 11.6. The van der Waals surface area contributed by atoms with E-state index in [9.17, 15) is 13.6 Å². The molecule has 1 amide bonds. The maximum atomic E-state index is 12.0. The Balaban J connectivity index is 2.50. The molecule has 0 aliphatic rings. The van der Waals surface area contributed by atoms with Gasteiger partial charge in [-0.2, -0.15) is 8.78 Å². The highest BCUT2D eigenvalue weighted by Gasteiger charge is 2.16. The van der Waals surface area contributed by atoms with E-state index < -0.39 is 6.61 Å². The molecule has 118 valence electrons. The van der Waals surface area contributed by atoms with Gasteiger partial charge in [0.15, 0.2) is 0 Å².